The highest BCUT2D eigenvalue weighted by Crippen LogP contribution is 2.31. The number of anilines is 1. The number of benzene rings is 2. The number of imide groups is 1. The van der Waals surface area contributed by atoms with Gasteiger partial charge in [-0.3, -0.25) is 14.3 Å². The molecule has 2 heterocycles. The molecule has 6 nitrogen and oxygen atoms in total. The normalized spacial score (nSPS) is 13.2. The van der Waals surface area contributed by atoms with Crippen LogP contribution in [-0.2, 0) is 13.7 Å². The number of ether oxygens (including phenoxy) is 1. The molecule has 3 aromatic rings. The van der Waals surface area contributed by atoms with Gasteiger partial charge in [0.05, 0.1) is 23.0 Å². The van der Waals surface area contributed by atoms with Gasteiger partial charge in [0.2, 0.25) is 0 Å². The van der Waals surface area contributed by atoms with E-state index in [2.05, 4.69) is 5.10 Å². The van der Waals surface area contributed by atoms with Crippen molar-refractivity contribution < 1.29 is 18.7 Å². The monoisotopic (exact) mass is 351 g/mol. The van der Waals surface area contributed by atoms with E-state index in [0.29, 0.717) is 11.1 Å². The van der Waals surface area contributed by atoms with E-state index in [9.17, 15) is 14.0 Å². The molecule has 7 heteroatoms. The number of fused-ring (bicyclic) bond motifs is 1. The number of aromatic nitrogens is 2. The topological polar surface area (TPSA) is 64.4 Å². The average molecular weight is 351 g/mol. The SMILES string of the molecule is Cn1cc(COc2ccc(N3C(=O)c4ccccc4C3=O)cc2F)cn1. The standard InChI is InChI=1S/C19H14FN3O3/c1-22-10-12(9-21-22)11-26-17-7-6-13(8-16(17)20)23-18(24)14-4-2-3-5-15(14)19(23)25/h2-10H,11H2,1H3. The van der Waals surface area contributed by atoms with Gasteiger partial charge < -0.3 is 4.74 Å². The summed E-state index contributed by atoms with van der Waals surface area (Å²) in [6.45, 7) is 0.164. The van der Waals surface area contributed by atoms with Gasteiger partial charge in [-0.15, -0.1) is 0 Å². The highest BCUT2D eigenvalue weighted by Gasteiger charge is 2.36. The van der Waals surface area contributed by atoms with Crippen LogP contribution in [0.25, 0.3) is 0 Å². The van der Waals surface area contributed by atoms with E-state index in [0.717, 1.165) is 16.5 Å². The van der Waals surface area contributed by atoms with Gasteiger partial charge in [-0.25, -0.2) is 9.29 Å². The van der Waals surface area contributed by atoms with E-state index in [1.807, 2.05) is 0 Å². The zero-order chi connectivity index (χ0) is 18.3. The lowest BCUT2D eigenvalue weighted by molar-refractivity contribution is 0.0926. The maximum absolute atomic E-state index is 14.4. The lowest BCUT2D eigenvalue weighted by Gasteiger charge is -2.15. The van der Waals surface area contributed by atoms with E-state index in [-0.39, 0.29) is 18.0 Å². The number of carbonyl (C=O) groups is 2. The van der Waals surface area contributed by atoms with Gasteiger partial charge in [-0.1, -0.05) is 12.1 Å². The summed E-state index contributed by atoms with van der Waals surface area (Å²) in [5, 5.41) is 4.02. The lowest BCUT2D eigenvalue weighted by atomic mass is 10.1. The molecular weight excluding hydrogens is 337 g/mol. The smallest absolute Gasteiger partial charge is 0.266 e. The van der Waals surface area contributed by atoms with Gasteiger partial charge in [0.15, 0.2) is 11.6 Å². The minimum absolute atomic E-state index is 0.0363. The van der Waals surface area contributed by atoms with Crippen molar-refractivity contribution in [2.75, 3.05) is 4.90 Å². The molecular formula is C19H14FN3O3. The van der Waals surface area contributed by atoms with Gasteiger partial charge in [0, 0.05) is 24.9 Å². The third-order valence-electron chi connectivity index (χ3n) is 4.12. The van der Waals surface area contributed by atoms with Gasteiger partial charge >= 0.3 is 0 Å². The Bertz CT molecular complexity index is 993. The summed E-state index contributed by atoms with van der Waals surface area (Å²) in [5.74, 6) is -1.54. The van der Waals surface area contributed by atoms with Crippen LogP contribution >= 0.6 is 0 Å². The maximum atomic E-state index is 14.4. The summed E-state index contributed by atoms with van der Waals surface area (Å²) in [4.78, 5) is 25.9. The molecule has 2 amide bonds. The Morgan fingerprint density at radius 1 is 1.08 bits per heavy atom. The molecule has 0 N–H and O–H groups in total. The molecule has 0 saturated heterocycles. The predicted molar refractivity (Wildman–Crippen MR) is 91.5 cm³/mol. The molecule has 1 aromatic heterocycles. The molecule has 0 unspecified atom stereocenters. The molecule has 0 atom stereocenters. The van der Waals surface area contributed by atoms with Gasteiger partial charge in [0.25, 0.3) is 11.8 Å². The van der Waals surface area contributed by atoms with E-state index in [1.54, 1.807) is 48.4 Å². The van der Waals surface area contributed by atoms with Crippen molar-refractivity contribution in [1.29, 1.82) is 0 Å². The molecule has 2 aromatic carbocycles. The minimum atomic E-state index is -0.650. The fourth-order valence-corrected chi connectivity index (χ4v) is 2.88. The first kappa shape index (κ1) is 16.0. The van der Waals surface area contributed by atoms with Gasteiger partial charge in [-0.2, -0.15) is 5.10 Å². The maximum Gasteiger partial charge on any atom is 0.266 e. The molecule has 0 spiro atoms. The van der Waals surface area contributed by atoms with Gasteiger partial charge in [-0.05, 0) is 24.3 Å². The van der Waals surface area contributed by atoms with Crippen LogP contribution in [0.5, 0.6) is 5.75 Å². The number of aryl methyl sites for hydroxylation is 1. The van der Waals surface area contributed by atoms with Crippen LogP contribution in [0.15, 0.2) is 54.9 Å². The first-order valence-corrected chi connectivity index (χ1v) is 7.92. The van der Waals surface area contributed by atoms with Crippen molar-refractivity contribution in [3.05, 3.63) is 77.4 Å². The highest BCUT2D eigenvalue weighted by atomic mass is 19.1. The molecule has 0 bridgehead atoms. The summed E-state index contributed by atoms with van der Waals surface area (Å²) in [5.41, 5.74) is 1.60. The molecule has 0 fully saturated rings. The van der Waals surface area contributed by atoms with Crippen LogP contribution in [0.4, 0.5) is 10.1 Å². The summed E-state index contributed by atoms with van der Waals surface area (Å²) in [7, 11) is 1.78. The zero-order valence-electron chi connectivity index (χ0n) is 13.8. The Kier molecular flexibility index (Phi) is 3.76. The fraction of sp³-hybridized carbons (Fsp3) is 0.105. The van der Waals surface area contributed by atoms with E-state index < -0.39 is 17.6 Å². The summed E-state index contributed by atoms with van der Waals surface area (Å²) >= 11 is 0. The number of rotatable bonds is 4. The van der Waals surface area contributed by atoms with E-state index in [4.69, 9.17) is 4.74 Å². The average Bonchev–Trinajstić information content (AvgIpc) is 3.16. The van der Waals surface area contributed by atoms with Crippen LogP contribution in [0, 0.1) is 5.82 Å². The van der Waals surface area contributed by atoms with E-state index >= 15 is 0 Å². The summed E-state index contributed by atoms with van der Waals surface area (Å²) in [6, 6.07) is 10.6. The molecule has 0 saturated carbocycles. The van der Waals surface area contributed by atoms with Crippen molar-refractivity contribution in [2.24, 2.45) is 7.05 Å². The van der Waals surface area contributed by atoms with Crippen molar-refractivity contribution in [3.8, 4) is 5.75 Å². The first-order valence-electron chi connectivity index (χ1n) is 7.92. The molecule has 1 aliphatic heterocycles. The Hall–Kier alpha value is -3.48. The number of hydrogen-bond donors (Lipinski definition) is 0. The van der Waals surface area contributed by atoms with Crippen LogP contribution in [0.2, 0.25) is 0 Å². The van der Waals surface area contributed by atoms with Crippen LogP contribution in [0.3, 0.4) is 0 Å². The molecule has 1 aliphatic rings. The molecule has 26 heavy (non-hydrogen) atoms. The predicted octanol–water partition coefficient (Wildman–Crippen LogP) is 2.94. The van der Waals surface area contributed by atoms with Crippen molar-refractivity contribution in [3.63, 3.8) is 0 Å². The minimum Gasteiger partial charge on any atom is -0.486 e. The Labute approximate surface area is 148 Å². The second-order valence-corrected chi connectivity index (χ2v) is 5.92. The Morgan fingerprint density at radius 2 is 1.77 bits per heavy atom. The number of carbonyl (C=O) groups excluding carboxylic acids is 2. The Morgan fingerprint density at radius 3 is 2.35 bits per heavy atom. The number of halogens is 1. The quantitative estimate of drug-likeness (QED) is 0.678. The second kappa shape index (κ2) is 6.11. The van der Waals surface area contributed by atoms with E-state index in [1.165, 1.54) is 12.1 Å². The molecule has 4 rings (SSSR count). The second-order valence-electron chi connectivity index (χ2n) is 5.92. The largest absolute Gasteiger partial charge is 0.486 e. The molecule has 130 valence electrons. The third kappa shape index (κ3) is 2.63. The van der Waals surface area contributed by atoms with Crippen molar-refractivity contribution >= 4 is 17.5 Å². The molecule has 0 radical (unpaired) electrons. The highest BCUT2D eigenvalue weighted by molar-refractivity contribution is 6.34. The van der Waals surface area contributed by atoms with Crippen LogP contribution < -0.4 is 9.64 Å². The number of amides is 2. The fourth-order valence-electron chi connectivity index (χ4n) is 2.88. The van der Waals surface area contributed by atoms with Crippen LogP contribution in [-0.4, -0.2) is 21.6 Å². The van der Waals surface area contributed by atoms with Crippen molar-refractivity contribution in [2.45, 2.75) is 6.61 Å². The third-order valence-corrected chi connectivity index (χ3v) is 4.12. The first-order chi connectivity index (χ1) is 12.5. The number of hydrogen-bond acceptors (Lipinski definition) is 4. The zero-order valence-corrected chi connectivity index (χ0v) is 13.8. The molecule has 0 aliphatic carbocycles. The Balaban J connectivity index is 1.57. The van der Waals surface area contributed by atoms with Crippen LogP contribution in [0.1, 0.15) is 26.3 Å². The van der Waals surface area contributed by atoms with Crippen molar-refractivity contribution in [1.82, 2.24) is 9.78 Å². The summed E-state index contributed by atoms with van der Waals surface area (Å²) < 4.78 is 21.5. The summed E-state index contributed by atoms with van der Waals surface area (Å²) in [6.07, 6.45) is 3.40. The lowest BCUT2D eigenvalue weighted by Crippen LogP contribution is -2.29. The van der Waals surface area contributed by atoms with Gasteiger partial charge in [0.1, 0.15) is 6.61 Å². The number of nitrogens with zero attached hydrogens (tertiary/aromatic N) is 3.